The van der Waals surface area contributed by atoms with Gasteiger partial charge in [0, 0.05) is 18.1 Å². The molecule has 0 saturated carbocycles. The highest BCUT2D eigenvalue weighted by atomic mass is 16.5. The number of anilines is 1. The van der Waals surface area contributed by atoms with Crippen molar-refractivity contribution in [2.45, 2.75) is 6.61 Å². The van der Waals surface area contributed by atoms with Crippen molar-refractivity contribution in [3.63, 3.8) is 0 Å². The lowest BCUT2D eigenvalue weighted by atomic mass is 10.2. The average molecular weight is 435 g/mol. The lowest BCUT2D eigenvalue weighted by Crippen LogP contribution is -2.13. The fourth-order valence-electron chi connectivity index (χ4n) is 3.42. The number of nitrogens with one attached hydrogen (secondary N) is 1. The average Bonchev–Trinajstić information content (AvgIpc) is 3.28. The SMILES string of the molecule is O=C(Nc1ccc(Oc2ccccc2)cc1)c1ccccc1OCc1cn2ccccc2n1. The highest BCUT2D eigenvalue weighted by Crippen LogP contribution is 2.24. The molecular weight excluding hydrogens is 414 g/mol. The molecule has 0 radical (unpaired) electrons. The zero-order valence-electron chi connectivity index (χ0n) is 17.7. The molecule has 2 heterocycles. The van der Waals surface area contributed by atoms with Crippen LogP contribution in [0.15, 0.2) is 109 Å². The summed E-state index contributed by atoms with van der Waals surface area (Å²) < 4.78 is 13.7. The van der Waals surface area contributed by atoms with Crippen LogP contribution in [-0.4, -0.2) is 15.3 Å². The number of aromatic nitrogens is 2. The monoisotopic (exact) mass is 435 g/mol. The molecule has 0 atom stereocenters. The minimum absolute atomic E-state index is 0.252. The fraction of sp³-hybridized carbons (Fsp3) is 0.0370. The molecule has 1 amide bonds. The molecule has 0 bridgehead atoms. The van der Waals surface area contributed by atoms with Crippen molar-refractivity contribution in [2.75, 3.05) is 5.32 Å². The van der Waals surface area contributed by atoms with Gasteiger partial charge in [0.15, 0.2) is 0 Å². The molecule has 162 valence electrons. The second-order valence-corrected chi connectivity index (χ2v) is 7.38. The van der Waals surface area contributed by atoms with Crippen molar-refractivity contribution in [3.05, 3.63) is 121 Å². The van der Waals surface area contributed by atoms with Gasteiger partial charge < -0.3 is 19.2 Å². The van der Waals surface area contributed by atoms with Crippen LogP contribution in [0.2, 0.25) is 0 Å². The third-order valence-electron chi connectivity index (χ3n) is 5.01. The first-order chi connectivity index (χ1) is 16.2. The minimum Gasteiger partial charge on any atom is -0.486 e. The lowest BCUT2D eigenvalue weighted by Gasteiger charge is -2.11. The quantitative estimate of drug-likeness (QED) is 0.343. The summed E-state index contributed by atoms with van der Waals surface area (Å²) in [6, 6.07) is 29.7. The number of fused-ring (bicyclic) bond motifs is 1. The van der Waals surface area contributed by atoms with Gasteiger partial charge in [-0.2, -0.15) is 0 Å². The van der Waals surface area contributed by atoms with Gasteiger partial charge in [-0.3, -0.25) is 4.79 Å². The molecule has 33 heavy (non-hydrogen) atoms. The van der Waals surface area contributed by atoms with Crippen LogP contribution in [0, 0.1) is 0 Å². The van der Waals surface area contributed by atoms with Crippen LogP contribution in [-0.2, 0) is 6.61 Å². The maximum atomic E-state index is 12.9. The fourth-order valence-corrected chi connectivity index (χ4v) is 3.42. The number of imidazole rings is 1. The molecule has 2 aromatic heterocycles. The Morgan fingerprint density at radius 2 is 1.55 bits per heavy atom. The van der Waals surface area contributed by atoms with Crippen molar-refractivity contribution in [2.24, 2.45) is 0 Å². The standard InChI is InChI=1S/C27H21N3O3/c31-27(29-20-13-15-23(16-14-20)33-22-8-2-1-3-9-22)24-10-4-5-11-25(24)32-19-21-18-30-17-7-6-12-26(30)28-21/h1-18H,19H2,(H,29,31). The molecule has 1 N–H and O–H groups in total. The Kier molecular flexibility index (Phi) is 5.72. The summed E-state index contributed by atoms with van der Waals surface area (Å²) in [5.41, 5.74) is 2.74. The van der Waals surface area contributed by atoms with E-state index in [1.807, 2.05) is 89.6 Å². The lowest BCUT2D eigenvalue weighted by molar-refractivity contribution is 0.102. The molecule has 6 heteroatoms. The third kappa shape index (κ3) is 4.85. The Bertz CT molecular complexity index is 1350. The number of amides is 1. The van der Waals surface area contributed by atoms with E-state index in [1.54, 1.807) is 24.3 Å². The Balaban J connectivity index is 1.25. The maximum absolute atomic E-state index is 12.9. The van der Waals surface area contributed by atoms with Crippen molar-refractivity contribution in [3.8, 4) is 17.2 Å². The maximum Gasteiger partial charge on any atom is 0.259 e. The number of rotatable bonds is 7. The smallest absolute Gasteiger partial charge is 0.259 e. The van der Waals surface area contributed by atoms with E-state index in [0.29, 0.717) is 22.7 Å². The zero-order valence-corrected chi connectivity index (χ0v) is 17.7. The third-order valence-corrected chi connectivity index (χ3v) is 5.01. The second-order valence-electron chi connectivity index (χ2n) is 7.38. The molecule has 0 aliphatic heterocycles. The Morgan fingerprint density at radius 3 is 2.36 bits per heavy atom. The van der Waals surface area contributed by atoms with Gasteiger partial charge in [0.2, 0.25) is 0 Å². The minimum atomic E-state index is -0.252. The van der Waals surface area contributed by atoms with E-state index in [1.165, 1.54) is 0 Å². The van der Waals surface area contributed by atoms with Gasteiger partial charge in [-0.05, 0) is 60.7 Å². The molecule has 0 unspecified atom stereocenters. The Morgan fingerprint density at radius 1 is 0.818 bits per heavy atom. The van der Waals surface area contributed by atoms with Crippen LogP contribution in [0.4, 0.5) is 5.69 Å². The zero-order chi connectivity index (χ0) is 22.5. The Hall–Kier alpha value is -4.58. The van der Waals surface area contributed by atoms with Crippen LogP contribution in [0.25, 0.3) is 5.65 Å². The van der Waals surface area contributed by atoms with E-state index >= 15 is 0 Å². The number of ether oxygens (including phenoxy) is 2. The van der Waals surface area contributed by atoms with Crippen LogP contribution in [0.1, 0.15) is 16.1 Å². The van der Waals surface area contributed by atoms with Gasteiger partial charge in [-0.15, -0.1) is 0 Å². The Labute approximate surface area is 191 Å². The molecule has 0 saturated heterocycles. The largest absolute Gasteiger partial charge is 0.486 e. The van der Waals surface area contributed by atoms with Crippen molar-refractivity contribution in [1.29, 1.82) is 0 Å². The predicted octanol–water partition coefficient (Wildman–Crippen LogP) is 5.96. The van der Waals surface area contributed by atoms with E-state index in [9.17, 15) is 4.79 Å². The topological polar surface area (TPSA) is 64.9 Å². The van der Waals surface area contributed by atoms with Crippen LogP contribution in [0.3, 0.4) is 0 Å². The van der Waals surface area contributed by atoms with E-state index in [0.717, 1.165) is 17.1 Å². The molecule has 0 aliphatic rings. The van der Waals surface area contributed by atoms with Gasteiger partial charge in [0.1, 0.15) is 29.5 Å². The van der Waals surface area contributed by atoms with E-state index in [2.05, 4.69) is 10.3 Å². The number of nitrogens with zero attached hydrogens (tertiary/aromatic N) is 2. The summed E-state index contributed by atoms with van der Waals surface area (Å²) in [6.07, 6.45) is 3.85. The van der Waals surface area contributed by atoms with Crippen molar-refractivity contribution < 1.29 is 14.3 Å². The highest BCUT2D eigenvalue weighted by Gasteiger charge is 2.13. The van der Waals surface area contributed by atoms with E-state index in [-0.39, 0.29) is 12.5 Å². The summed E-state index contributed by atoms with van der Waals surface area (Å²) in [4.78, 5) is 17.5. The number of pyridine rings is 1. The predicted molar refractivity (Wildman–Crippen MR) is 127 cm³/mol. The molecule has 6 nitrogen and oxygen atoms in total. The first-order valence-corrected chi connectivity index (χ1v) is 10.5. The van der Waals surface area contributed by atoms with Crippen LogP contribution in [0.5, 0.6) is 17.2 Å². The van der Waals surface area contributed by atoms with Gasteiger partial charge in [0.25, 0.3) is 5.91 Å². The molecule has 3 aromatic carbocycles. The van der Waals surface area contributed by atoms with Crippen LogP contribution < -0.4 is 14.8 Å². The van der Waals surface area contributed by atoms with E-state index < -0.39 is 0 Å². The van der Waals surface area contributed by atoms with Crippen LogP contribution >= 0.6 is 0 Å². The highest BCUT2D eigenvalue weighted by molar-refractivity contribution is 6.06. The van der Waals surface area contributed by atoms with Gasteiger partial charge >= 0.3 is 0 Å². The summed E-state index contributed by atoms with van der Waals surface area (Å²) in [6.45, 7) is 0.261. The number of benzene rings is 3. The van der Waals surface area contributed by atoms with Gasteiger partial charge in [-0.1, -0.05) is 36.4 Å². The van der Waals surface area contributed by atoms with Gasteiger partial charge in [0.05, 0.1) is 11.3 Å². The molecule has 0 aliphatic carbocycles. The van der Waals surface area contributed by atoms with Gasteiger partial charge in [-0.25, -0.2) is 4.98 Å². The number of hydrogen-bond acceptors (Lipinski definition) is 4. The number of para-hydroxylation sites is 2. The molecule has 5 rings (SSSR count). The first kappa shape index (κ1) is 20.3. The second kappa shape index (κ2) is 9.28. The molecule has 0 fully saturated rings. The normalized spacial score (nSPS) is 10.7. The first-order valence-electron chi connectivity index (χ1n) is 10.5. The molecule has 0 spiro atoms. The number of carbonyl (C=O) groups is 1. The molecule has 5 aromatic rings. The number of carbonyl (C=O) groups excluding carboxylic acids is 1. The van der Waals surface area contributed by atoms with Crippen molar-refractivity contribution >= 4 is 17.2 Å². The summed E-state index contributed by atoms with van der Waals surface area (Å²) in [5, 5.41) is 2.92. The van der Waals surface area contributed by atoms with E-state index in [4.69, 9.17) is 9.47 Å². The summed E-state index contributed by atoms with van der Waals surface area (Å²) in [7, 11) is 0. The van der Waals surface area contributed by atoms with Crippen molar-refractivity contribution in [1.82, 2.24) is 9.38 Å². The summed E-state index contributed by atoms with van der Waals surface area (Å²) in [5.74, 6) is 1.69. The molecular formula is C27H21N3O3. The number of hydrogen-bond donors (Lipinski definition) is 1. The summed E-state index contributed by atoms with van der Waals surface area (Å²) >= 11 is 0.